The van der Waals surface area contributed by atoms with E-state index in [1.54, 1.807) is 0 Å². The molecule has 3 N–H and O–H groups in total. The molecule has 7 heteroatoms. The first kappa shape index (κ1) is 12.4. The van der Waals surface area contributed by atoms with Crippen molar-refractivity contribution in [2.45, 2.75) is 12.2 Å². The quantitative estimate of drug-likeness (QED) is 0.772. The van der Waals surface area contributed by atoms with Crippen LogP contribution in [0.25, 0.3) is 0 Å². The van der Waals surface area contributed by atoms with Crippen LogP contribution in [-0.4, -0.2) is 11.1 Å². The van der Waals surface area contributed by atoms with E-state index in [0.29, 0.717) is 0 Å². The zero-order valence-electron chi connectivity index (χ0n) is 7.75. The second kappa shape index (κ2) is 4.09. The SMILES string of the molecule is N[C@H](C(=O)O)c1ccc(F)cc1C(F)(F)F. The summed E-state index contributed by atoms with van der Waals surface area (Å²) in [5, 5.41) is 8.51. The summed E-state index contributed by atoms with van der Waals surface area (Å²) >= 11 is 0. The Labute approximate surface area is 87.5 Å². The molecule has 0 heterocycles. The second-order valence-corrected chi connectivity index (χ2v) is 3.05. The van der Waals surface area contributed by atoms with Crippen molar-refractivity contribution in [2.24, 2.45) is 5.73 Å². The monoisotopic (exact) mass is 237 g/mol. The van der Waals surface area contributed by atoms with Gasteiger partial charge < -0.3 is 10.8 Å². The molecule has 0 radical (unpaired) electrons. The fourth-order valence-corrected chi connectivity index (χ4v) is 1.18. The molecule has 3 nitrogen and oxygen atoms in total. The van der Waals surface area contributed by atoms with Crippen LogP contribution < -0.4 is 5.73 Å². The van der Waals surface area contributed by atoms with Crippen molar-refractivity contribution in [1.29, 1.82) is 0 Å². The van der Waals surface area contributed by atoms with Crippen LogP contribution >= 0.6 is 0 Å². The Kier molecular flexibility index (Phi) is 3.18. The summed E-state index contributed by atoms with van der Waals surface area (Å²) in [7, 11) is 0. The van der Waals surface area contributed by atoms with Crippen LogP contribution in [0, 0.1) is 5.82 Å². The van der Waals surface area contributed by atoms with Crippen LogP contribution in [0.4, 0.5) is 17.6 Å². The summed E-state index contributed by atoms with van der Waals surface area (Å²) in [4.78, 5) is 10.5. The van der Waals surface area contributed by atoms with Gasteiger partial charge >= 0.3 is 12.1 Å². The minimum atomic E-state index is -4.84. The maximum absolute atomic E-state index is 12.7. The Morgan fingerprint density at radius 1 is 1.38 bits per heavy atom. The number of carboxylic acid groups (broad SMARTS) is 1. The molecule has 88 valence electrons. The fourth-order valence-electron chi connectivity index (χ4n) is 1.18. The van der Waals surface area contributed by atoms with Gasteiger partial charge in [0.2, 0.25) is 0 Å². The number of hydrogen-bond donors (Lipinski definition) is 2. The van der Waals surface area contributed by atoms with Crippen molar-refractivity contribution in [3.05, 3.63) is 35.1 Å². The predicted octanol–water partition coefficient (Wildman–Crippen LogP) is 1.93. The number of carbonyl (C=O) groups is 1. The van der Waals surface area contributed by atoms with Crippen LogP contribution in [0.15, 0.2) is 18.2 Å². The Morgan fingerprint density at radius 2 is 1.94 bits per heavy atom. The summed E-state index contributed by atoms with van der Waals surface area (Å²) in [5.74, 6) is -2.72. The lowest BCUT2D eigenvalue weighted by atomic mass is 10.0. The number of nitrogens with two attached hydrogens (primary N) is 1. The molecule has 0 fully saturated rings. The van der Waals surface area contributed by atoms with Crippen molar-refractivity contribution < 1.29 is 27.5 Å². The Hall–Kier alpha value is -1.63. The lowest BCUT2D eigenvalue weighted by Gasteiger charge is -2.15. The van der Waals surface area contributed by atoms with Crippen LogP contribution in [0.5, 0.6) is 0 Å². The molecule has 1 rings (SSSR count). The molecule has 1 atom stereocenters. The number of alkyl halides is 3. The first-order valence-corrected chi connectivity index (χ1v) is 4.08. The summed E-state index contributed by atoms with van der Waals surface area (Å²) in [6.45, 7) is 0. The molecule has 1 aromatic rings. The maximum atomic E-state index is 12.7. The largest absolute Gasteiger partial charge is 0.480 e. The standard InChI is InChI=1S/C9H7F4NO2/c10-4-1-2-5(7(14)8(15)16)6(3-4)9(11,12)13/h1-3,7H,14H2,(H,15,16)/t7-/m0/s1. The van der Waals surface area contributed by atoms with Gasteiger partial charge in [-0.05, 0) is 17.7 Å². The van der Waals surface area contributed by atoms with Gasteiger partial charge in [0.15, 0.2) is 0 Å². The average molecular weight is 237 g/mol. The first-order valence-electron chi connectivity index (χ1n) is 4.08. The highest BCUT2D eigenvalue weighted by Crippen LogP contribution is 2.34. The van der Waals surface area contributed by atoms with E-state index in [9.17, 15) is 22.4 Å². The number of rotatable bonds is 2. The van der Waals surface area contributed by atoms with Crippen molar-refractivity contribution in [2.75, 3.05) is 0 Å². The topological polar surface area (TPSA) is 63.3 Å². The van der Waals surface area contributed by atoms with E-state index in [4.69, 9.17) is 10.8 Å². The van der Waals surface area contributed by atoms with E-state index in [1.165, 1.54) is 0 Å². The first-order chi connectivity index (χ1) is 7.23. The van der Waals surface area contributed by atoms with Gasteiger partial charge in [-0.25, -0.2) is 4.39 Å². The minimum absolute atomic E-state index is 0.220. The van der Waals surface area contributed by atoms with Crippen molar-refractivity contribution in [3.63, 3.8) is 0 Å². The fraction of sp³-hybridized carbons (Fsp3) is 0.222. The lowest BCUT2D eigenvalue weighted by molar-refractivity contribution is -0.141. The molecule has 0 unspecified atom stereocenters. The number of hydrogen-bond acceptors (Lipinski definition) is 2. The predicted molar refractivity (Wildman–Crippen MR) is 46.0 cm³/mol. The minimum Gasteiger partial charge on any atom is -0.480 e. The molecule has 16 heavy (non-hydrogen) atoms. The van der Waals surface area contributed by atoms with E-state index in [0.717, 1.165) is 12.1 Å². The molecule has 0 aliphatic carbocycles. The third kappa shape index (κ3) is 2.48. The number of halogens is 4. The molecule has 1 aromatic carbocycles. The number of benzene rings is 1. The zero-order chi connectivity index (χ0) is 12.5. The van der Waals surface area contributed by atoms with Crippen molar-refractivity contribution in [1.82, 2.24) is 0 Å². The zero-order valence-corrected chi connectivity index (χ0v) is 7.75. The third-order valence-electron chi connectivity index (χ3n) is 1.92. The van der Waals surface area contributed by atoms with E-state index in [-0.39, 0.29) is 6.07 Å². The molecule has 0 saturated carbocycles. The van der Waals surface area contributed by atoms with Gasteiger partial charge in [-0.15, -0.1) is 0 Å². The Morgan fingerprint density at radius 3 is 2.38 bits per heavy atom. The van der Waals surface area contributed by atoms with Gasteiger partial charge in [0.05, 0.1) is 5.56 Å². The average Bonchev–Trinajstić information content (AvgIpc) is 2.15. The van der Waals surface area contributed by atoms with Gasteiger partial charge in [0, 0.05) is 0 Å². The maximum Gasteiger partial charge on any atom is 0.416 e. The molecule has 0 amide bonds. The van der Waals surface area contributed by atoms with Crippen LogP contribution in [0.1, 0.15) is 17.2 Å². The van der Waals surface area contributed by atoms with Gasteiger partial charge in [0.1, 0.15) is 11.9 Å². The highest BCUT2D eigenvalue weighted by molar-refractivity contribution is 5.75. The highest BCUT2D eigenvalue weighted by atomic mass is 19.4. The van der Waals surface area contributed by atoms with Gasteiger partial charge in [-0.2, -0.15) is 13.2 Å². The second-order valence-electron chi connectivity index (χ2n) is 3.05. The summed E-state index contributed by atoms with van der Waals surface area (Å²) in [6, 6.07) is -0.167. The molecule has 0 aromatic heterocycles. The van der Waals surface area contributed by atoms with Crippen LogP contribution in [0.2, 0.25) is 0 Å². The Bertz CT molecular complexity index is 416. The summed E-state index contributed by atoms with van der Waals surface area (Å²) < 4.78 is 50.0. The van der Waals surface area contributed by atoms with Gasteiger partial charge in [-0.3, -0.25) is 4.79 Å². The van der Waals surface area contributed by atoms with Crippen molar-refractivity contribution >= 4 is 5.97 Å². The molecular weight excluding hydrogens is 230 g/mol. The highest BCUT2D eigenvalue weighted by Gasteiger charge is 2.36. The van der Waals surface area contributed by atoms with E-state index < -0.39 is 35.1 Å². The Balaban J connectivity index is 3.34. The lowest BCUT2D eigenvalue weighted by Crippen LogP contribution is -2.24. The number of carboxylic acids is 1. The van der Waals surface area contributed by atoms with E-state index in [2.05, 4.69) is 0 Å². The molecule has 0 saturated heterocycles. The molecule has 0 aliphatic rings. The van der Waals surface area contributed by atoms with E-state index in [1.807, 2.05) is 0 Å². The normalized spacial score (nSPS) is 13.6. The van der Waals surface area contributed by atoms with Gasteiger partial charge in [-0.1, -0.05) is 6.07 Å². The van der Waals surface area contributed by atoms with Gasteiger partial charge in [0.25, 0.3) is 0 Å². The third-order valence-corrected chi connectivity index (χ3v) is 1.92. The summed E-state index contributed by atoms with van der Waals surface area (Å²) in [5.41, 5.74) is 3.03. The molecule has 0 spiro atoms. The van der Waals surface area contributed by atoms with Crippen LogP contribution in [0.3, 0.4) is 0 Å². The molecule has 0 bridgehead atoms. The molecule has 0 aliphatic heterocycles. The van der Waals surface area contributed by atoms with E-state index >= 15 is 0 Å². The smallest absolute Gasteiger partial charge is 0.416 e. The number of aliphatic carboxylic acids is 1. The molecular formula is C9H7F4NO2. The summed E-state index contributed by atoms with van der Waals surface area (Å²) in [6.07, 6.45) is -4.84. The van der Waals surface area contributed by atoms with Crippen molar-refractivity contribution in [3.8, 4) is 0 Å². The van der Waals surface area contributed by atoms with Crippen LogP contribution in [-0.2, 0) is 11.0 Å².